The molecule has 0 amide bonds. The molecule has 0 spiro atoms. The second kappa shape index (κ2) is 6.21. The van der Waals surface area contributed by atoms with Gasteiger partial charge in [0, 0.05) is 0 Å². The van der Waals surface area contributed by atoms with E-state index in [1.165, 1.54) is 0 Å². The Morgan fingerprint density at radius 2 is 1.65 bits per heavy atom. The van der Waals surface area contributed by atoms with Crippen molar-refractivity contribution in [3.05, 3.63) is 59.9 Å². The van der Waals surface area contributed by atoms with E-state index < -0.39 is 3.79 Å². The maximum atomic E-state index is 8.83. The number of fused-ring (bicyclic) bond motifs is 1. The minimum Gasteiger partial charge on any atom is -0.438 e. The van der Waals surface area contributed by atoms with Crippen LogP contribution in [-0.2, 0) is 3.79 Å². The summed E-state index contributed by atoms with van der Waals surface area (Å²) in [5.74, 6) is 0.828. The number of nitrogens with zero attached hydrogens (tertiary/aromatic N) is 3. The molecule has 23 heavy (non-hydrogen) atoms. The second-order valence-electron chi connectivity index (χ2n) is 4.61. The predicted octanol–water partition coefficient (Wildman–Crippen LogP) is 5.12. The topological polar surface area (TPSA) is 58.8 Å². The van der Waals surface area contributed by atoms with Crippen molar-refractivity contribution >= 4 is 45.7 Å². The van der Waals surface area contributed by atoms with Crippen LogP contribution in [0.3, 0.4) is 0 Å². The lowest BCUT2D eigenvalue weighted by Gasteiger charge is -2.13. The van der Waals surface area contributed by atoms with Crippen LogP contribution in [0, 0.1) is 11.3 Å². The van der Waals surface area contributed by atoms with Gasteiger partial charge in [0.25, 0.3) is 0 Å². The molecule has 1 aromatic heterocycles. The monoisotopic (exact) mass is 363 g/mol. The van der Waals surface area contributed by atoms with E-state index in [1.807, 2.05) is 24.3 Å². The second-order valence-corrected chi connectivity index (χ2v) is 6.89. The molecule has 7 heteroatoms. The van der Waals surface area contributed by atoms with Crippen LogP contribution in [0.2, 0.25) is 0 Å². The van der Waals surface area contributed by atoms with Gasteiger partial charge in [-0.25, -0.2) is 4.98 Å². The van der Waals surface area contributed by atoms with E-state index in [-0.39, 0.29) is 11.7 Å². The Bertz CT molecular complexity index is 899. The van der Waals surface area contributed by atoms with Gasteiger partial charge in [-0.3, -0.25) is 0 Å². The zero-order valence-electron chi connectivity index (χ0n) is 11.5. The number of halogens is 3. The van der Waals surface area contributed by atoms with Gasteiger partial charge >= 0.3 is 0 Å². The molecule has 0 fully saturated rings. The Kier molecular flexibility index (Phi) is 4.27. The summed E-state index contributed by atoms with van der Waals surface area (Å²) in [6.45, 7) is 0. The first-order chi connectivity index (χ1) is 11.0. The number of para-hydroxylation sites is 1. The van der Waals surface area contributed by atoms with Crippen molar-refractivity contribution < 1.29 is 4.74 Å². The lowest BCUT2D eigenvalue weighted by Crippen LogP contribution is -2.08. The minimum absolute atomic E-state index is 0.0323. The van der Waals surface area contributed by atoms with Crippen molar-refractivity contribution in [1.29, 1.82) is 5.26 Å². The average Bonchev–Trinajstić information content (AvgIpc) is 2.54. The maximum Gasteiger partial charge on any atom is 0.250 e. The number of rotatable bonds is 2. The summed E-state index contributed by atoms with van der Waals surface area (Å²) in [6, 6.07) is 15.9. The van der Waals surface area contributed by atoms with Crippen molar-refractivity contribution in [3.8, 4) is 17.7 Å². The summed E-state index contributed by atoms with van der Waals surface area (Å²) in [5, 5.41) is 9.52. The lowest BCUT2D eigenvalue weighted by atomic mass is 10.2. The van der Waals surface area contributed by atoms with Crippen molar-refractivity contribution in [2.75, 3.05) is 0 Å². The molecule has 0 saturated heterocycles. The summed E-state index contributed by atoms with van der Waals surface area (Å²) in [6.07, 6.45) is 0. The Labute approximate surface area is 147 Å². The van der Waals surface area contributed by atoms with E-state index in [9.17, 15) is 0 Å². The van der Waals surface area contributed by atoms with E-state index in [0.29, 0.717) is 22.2 Å². The fraction of sp³-hybridized carbons (Fsp3) is 0.0625. The third kappa shape index (κ3) is 3.48. The molecule has 0 unspecified atom stereocenters. The Hall–Kier alpha value is -2.06. The molecule has 0 aliphatic heterocycles. The highest BCUT2D eigenvalue weighted by atomic mass is 35.6. The van der Waals surface area contributed by atoms with Gasteiger partial charge in [0.05, 0.1) is 22.5 Å². The largest absolute Gasteiger partial charge is 0.438 e. The van der Waals surface area contributed by atoms with Crippen LogP contribution in [0.4, 0.5) is 0 Å². The third-order valence-electron chi connectivity index (χ3n) is 3.02. The number of alkyl halides is 3. The SMILES string of the molecule is N#Cc1ccc(Oc2nc(C(Cl)(Cl)Cl)nc3ccccc23)cc1. The van der Waals surface area contributed by atoms with E-state index in [1.54, 1.807) is 30.3 Å². The van der Waals surface area contributed by atoms with Crippen molar-refractivity contribution in [2.45, 2.75) is 3.79 Å². The molecule has 114 valence electrons. The number of hydrogen-bond donors (Lipinski definition) is 0. The predicted molar refractivity (Wildman–Crippen MR) is 90.0 cm³/mol. The maximum absolute atomic E-state index is 8.83. The molecule has 0 saturated carbocycles. The van der Waals surface area contributed by atoms with Crippen LogP contribution in [-0.4, -0.2) is 9.97 Å². The molecule has 1 heterocycles. The van der Waals surface area contributed by atoms with E-state index in [0.717, 1.165) is 0 Å². The quantitative estimate of drug-likeness (QED) is 0.592. The number of ether oxygens (including phenoxy) is 1. The average molecular weight is 365 g/mol. The van der Waals surface area contributed by atoms with Gasteiger partial charge in [-0.05, 0) is 36.4 Å². The van der Waals surface area contributed by atoms with Crippen LogP contribution in [0.5, 0.6) is 11.6 Å². The first-order valence-corrected chi connectivity index (χ1v) is 7.63. The highest BCUT2D eigenvalue weighted by Gasteiger charge is 2.28. The van der Waals surface area contributed by atoms with Gasteiger partial charge in [0.2, 0.25) is 9.67 Å². The van der Waals surface area contributed by atoms with Crippen LogP contribution in [0.25, 0.3) is 10.9 Å². The highest BCUT2D eigenvalue weighted by molar-refractivity contribution is 6.66. The summed E-state index contributed by atoms with van der Waals surface area (Å²) in [4.78, 5) is 8.46. The molecular weight excluding hydrogens is 357 g/mol. The summed E-state index contributed by atoms with van der Waals surface area (Å²) in [5.41, 5.74) is 1.14. The smallest absolute Gasteiger partial charge is 0.250 e. The molecule has 0 aliphatic carbocycles. The van der Waals surface area contributed by atoms with Gasteiger partial charge in [0.1, 0.15) is 5.75 Å². The summed E-state index contributed by atoms with van der Waals surface area (Å²) in [7, 11) is 0. The molecular formula is C16H8Cl3N3O. The Morgan fingerprint density at radius 1 is 0.957 bits per heavy atom. The van der Waals surface area contributed by atoms with Crippen molar-refractivity contribution in [3.63, 3.8) is 0 Å². The zero-order chi connectivity index (χ0) is 16.4. The fourth-order valence-electron chi connectivity index (χ4n) is 1.96. The summed E-state index contributed by atoms with van der Waals surface area (Å²) < 4.78 is 4.03. The first kappa shape index (κ1) is 15.8. The standard InChI is InChI=1S/C16H8Cl3N3O/c17-16(18,19)15-21-13-4-2-1-3-12(13)14(22-15)23-11-7-5-10(9-20)6-8-11/h1-8H. The van der Waals surface area contributed by atoms with Crippen molar-refractivity contribution in [1.82, 2.24) is 9.97 Å². The van der Waals surface area contributed by atoms with Crippen LogP contribution in [0.15, 0.2) is 48.5 Å². The molecule has 3 aromatic rings. The van der Waals surface area contributed by atoms with Gasteiger partial charge < -0.3 is 4.74 Å². The van der Waals surface area contributed by atoms with E-state index in [4.69, 9.17) is 44.8 Å². The number of nitriles is 1. The molecule has 0 atom stereocenters. The van der Waals surface area contributed by atoms with Crippen LogP contribution >= 0.6 is 34.8 Å². The van der Waals surface area contributed by atoms with Gasteiger partial charge in [-0.15, -0.1) is 0 Å². The van der Waals surface area contributed by atoms with Crippen LogP contribution < -0.4 is 4.74 Å². The minimum atomic E-state index is -1.76. The van der Waals surface area contributed by atoms with Gasteiger partial charge in [-0.2, -0.15) is 10.2 Å². The molecule has 3 rings (SSSR count). The van der Waals surface area contributed by atoms with Crippen molar-refractivity contribution in [2.24, 2.45) is 0 Å². The Morgan fingerprint density at radius 3 is 2.30 bits per heavy atom. The number of aromatic nitrogens is 2. The molecule has 0 radical (unpaired) electrons. The number of hydrogen-bond acceptors (Lipinski definition) is 4. The number of benzene rings is 2. The van der Waals surface area contributed by atoms with E-state index in [2.05, 4.69) is 9.97 Å². The fourth-order valence-corrected chi connectivity index (χ4v) is 2.21. The van der Waals surface area contributed by atoms with Gasteiger partial charge in [0.15, 0.2) is 5.82 Å². The normalized spacial score (nSPS) is 11.2. The lowest BCUT2D eigenvalue weighted by molar-refractivity contribution is 0.465. The zero-order valence-corrected chi connectivity index (χ0v) is 13.8. The molecule has 0 aliphatic rings. The molecule has 0 bridgehead atoms. The first-order valence-electron chi connectivity index (χ1n) is 6.49. The highest BCUT2D eigenvalue weighted by Crippen LogP contribution is 2.38. The van der Waals surface area contributed by atoms with E-state index >= 15 is 0 Å². The molecule has 0 N–H and O–H groups in total. The Balaban J connectivity index is 2.09. The van der Waals surface area contributed by atoms with Crippen LogP contribution in [0.1, 0.15) is 11.4 Å². The summed E-state index contributed by atoms with van der Waals surface area (Å²) >= 11 is 17.7. The van der Waals surface area contributed by atoms with Gasteiger partial charge in [-0.1, -0.05) is 46.9 Å². The molecule has 2 aromatic carbocycles. The third-order valence-corrected chi connectivity index (χ3v) is 3.53. The molecule has 4 nitrogen and oxygen atoms in total.